The Bertz CT molecular complexity index is 592. The zero-order valence-corrected chi connectivity index (χ0v) is 11.1. The Morgan fingerprint density at radius 3 is 2.25 bits per heavy atom. The van der Waals surface area contributed by atoms with Crippen LogP contribution < -0.4 is 0 Å². The van der Waals surface area contributed by atoms with Crippen molar-refractivity contribution >= 4 is 0 Å². The van der Waals surface area contributed by atoms with Crippen molar-refractivity contribution < 1.29 is 19.0 Å². The molecule has 2 nitrogen and oxygen atoms in total. The molecule has 20 heavy (non-hydrogen) atoms. The number of rotatable bonds is 4. The summed E-state index contributed by atoms with van der Waals surface area (Å²) in [6, 6.07) is 10.1. The molecule has 1 unspecified atom stereocenters. The summed E-state index contributed by atoms with van der Waals surface area (Å²) in [5, 5.41) is 19.1. The van der Waals surface area contributed by atoms with E-state index < -0.39 is 17.2 Å². The maximum atomic E-state index is 13.7. The van der Waals surface area contributed by atoms with E-state index in [4.69, 9.17) is 5.11 Å². The van der Waals surface area contributed by atoms with Gasteiger partial charge in [0.15, 0.2) is 0 Å². The molecule has 2 rings (SSSR count). The number of hydrogen-bond acceptors (Lipinski definition) is 2. The van der Waals surface area contributed by atoms with Gasteiger partial charge in [-0.2, -0.15) is 0 Å². The van der Waals surface area contributed by atoms with Gasteiger partial charge in [0, 0.05) is 24.7 Å². The van der Waals surface area contributed by atoms with Gasteiger partial charge in [-0.25, -0.2) is 8.78 Å². The van der Waals surface area contributed by atoms with Crippen molar-refractivity contribution in [3.8, 4) is 11.1 Å². The minimum atomic E-state index is -1.13. The van der Waals surface area contributed by atoms with Crippen molar-refractivity contribution in [3.05, 3.63) is 59.7 Å². The lowest BCUT2D eigenvalue weighted by Gasteiger charge is -2.23. The molecular formula is C16H16F2O2. The smallest absolute Gasteiger partial charge is 0.133 e. The normalized spacial score (nSPS) is 14.1. The standard InChI is InChI=1S/C16H16F2O2/c1-16(20,8-9-19)12-4-2-11(3-5-12)14-7-6-13(17)10-15(14)18/h2-7,10,19-20H,8-9H2,1H3. The minimum absolute atomic E-state index is 0.124. The van der Waals surface area contributed by atoms with E-state index in [0.717, 1.165) is 6.07 Å². The van der Waals surface area contributed by atoms with Crippen molar-refractivity contribution in [2.75, 3.05) is 6.61 Å². The topological polar surface area (TPSA) is 40.5 Å². The summed E-state index contributed by atoms with van der Waals surface area (Å²) >= 11 is 0. The Labute approximate surface area is 116 Å². The lowest BCUT2D eigenvalue weighted by atomic mass is 9.91. The monoisotopic (exact) mass is 278 g/mol. The van der Waals surface area contributed by atoms with Gasteiger partial charge in [0.25, 0.3) is 0 Å². The molecule has 4 heteroatoms. The third-order valence-corrected chi connectivity index (χ3v) is 3.35. The van der Waals surface area contributed by atoms with Gasteiger partial charge in [0.05, 0.1) is 5.60 Å². The lowest BCUT2D eigenvalue weighted by Crippen LogP contribution is -2.22. The summed E-state index contributed by atoms with van der Waals surface area (Å²) < 4.78 is 26.5. The van der Waals surface area contributed by atoms with E-state index >= 15 is 0 Å². The maximum Gasteiger partial charge on any atom is 0.133 e. The summed E-state index contributed by atoms with van der Waals surface area (Å²) in [6.07, 6.45) is 0.220. The first-order chi connectivity index (χ1) is 9.44. The van der Waals surface area contributed by atoms with Crippen LogP contribution in [0.4, 0.5) is 8.78 Å². The molecule has 0 amide bonds. The first-order valence-electron chi connectivity index (χ1n) is 6.33. The molecule has 0 saturated carbocycles. The summed E-state index contributed by atoms with van der Waals surface area (Å²) in [5.41, 5.74) is 0.415. The third-order valence-electron chi connectivity index (χ3n) is 3.35. The third kappa shape index (κ3) is 3.03. The maximum absolute atomic E-state index is 13.7. The highest BCUT2D eigenvalue weighted by Gasteiger charge is 2.22. The van der Waals surface area contributed by atoms with Crippen LogP contribution in [0.25, 0.3) is 11.1 Å². The van der Waals surface area contributed by atoms with Crippen molar-refractivity contribution in [1.29, 1.82) is 0 Å². The van der Waals surface area contributed by atoms with Crippen LogP contribution in [0, 0.1) is 11.6 Å². The second-order valence-corrected chi connectivity index (χ2v) is 4.95. The van der Waals surface area contributed by atoms with E-state index in [2.05, 4.69) is 0 Å². The molecule has 106 valence electrons. The molecule has 0 saturated heterocycles. The molecule has 2 N–H and O–H groups in total. The van der Waals surface area contributed by atoms with E-state index in [1.165, 1.54) is 12.1 Å². The van der Waals surface area contributed by atoms with Crippen molar-refractivity contribution in [2.24, 2.45) is 0 Å². The van der Waals surface area contributed by atoms with Crippen LogP contribution in [0.15, 0.2) is 42.5 Å². The molecule has 2 aromatic carbocycles. The molecule has 0 aliphatic carbocycles. The van der Waals surface area contributed by atoms with Crippen LogP contribution in [0.5, 0.6) is 0 Å². The molecule has 0 heterocycles. The average molecular weight is 278 g/mol. The number of aliphatic hydroxyl groups excluding tert-OH is 1. The van der Waals surface area contributed by atoms with Crippen LogP contribution in [-0.4, -0.2) is 16.8 Å². The Kier molecular flexibility index (Phi) is 4.16. The van der Waals surface area contributed by atoms with E-state index in [9.17, 15) is 13.9 Å². The molecule has 0 aliphatic rings. The second kappa shape index (κ2) is 5.69. The summed E-state index contributed by atoms with van der Waals surface area (Å²) in [5.74, 6) is -1.24. The predicted octanol–water partition coefficient (Wildman–Crippen LogP) is 3.22. The van der Waals surface area contributed by atoms with Crippen LogP contribution in [0.1, 0.15) is 18.9 Å². The van der Waals surface area contributed by atoms with Crippen LogP contribution in [0.3, 0.4) is 0 Å². The number of aliphatic hydroxyl groups is 2. The van der Waals surface area contributed by atoms with Crippen molar-refractivity contribution in [1.82, 2.24) is 0 Å². The van der Waals surface area contributed by atoms with Crippen LogP contribution >= 0.6 is 0 Å². The number of halogens is 2. The highest BCUT2D eigenvalue weighted by molar-refractivity contribution is 5.64. The van der Waals surface area contributed by atoms with Crippen LogP contribution in [0.2, 0.25) is 0 Å². The fourth-order valence-corrected chi connectivity index (χ4v) is 2.09. The number of hydrogen-bond donors (Lipinski definition) is 2. The highest BCUT2D eigenvalue weighted by Crippen LogP contribution is 2.28. The first-order valence-corrected chi connectivity index (χ1v) is 6.33. The van der Waals surface area contributed by atoms with Gasteiger partial charge in [-0.3, -0.25) is 0 Å². The van der Waals surface area contributed by atoms with Gasteiger partial charge in [0.2, 0.25) is 0 Å². The quantitative estimate of drug-likeness (QED) is 0.901. The van der Waals surface area contributed by atoms with E-state index in [1.54, 1.807) is 31.2 Å². The van der Waals surface area contributed by atoms with Crippen molar-refractivity contribution in [3.63, 3.8) is 0 Å². The molecular weight excluding hydrogens is 262 g/mol. The molecule has 0 radical (unpaired) electrons. The minimum Gasteiger partial charge on any atom is -0.396 e. The zero-order valence-electron chi connectivity index (χ0n) is 11.1. The van der Waals surface area contributed by atoms with E-state index in [-0.39, 0.29) is 13.0 Å². The van der Waals surface area contributed by atoms with Gasteiger partial charge in [-0.05, 0) is 30.2 Å². The van der Waals surface area contributed by atoms with Gasteiger partial charge in [-0.1, -0.05) is 24.3 Å². The Morgan fingerprint density at radius 2 is 1.70 bits per heavy atom. The van der Waals surface area contributed by atoms with Gasteiger partial charge in [-0.15, -0.1) is 0 Å². The zero-order chi connectivity index (χ0) is 14.8. The Hall–Kier alpha value is -1.78. The lowest BCUT2D eigenvalue weighted by molar-refractivity contribution is 0.0299. The van der Waals surface area contributed by atoms with E-state index in [1.807, 2.05) is 0 Å². The van der Waals surface area contributed by atoms with E-state index in [0.29, 0.717) is 16.7 Å². The largest absolute Gasteiger partial charge is 0.396 e. The molecule has 0 bridgehead atoms. The second-order valence-electron chi connectivity index (χ2n) is 4.95. The summed E-state index contributed by atoms with van der Waals surface area (Å²) in [4.78, 5) is 0. The number of benzene rings is 2. The van der Waals surface area contributed by atoms with Gasteiger partial charge < -0.3 is 10.2 Å². The Balaban J connectivity index is 2.33. The van der Waals surface area contributed by atoms with Gasteiger partial charge >= 0.3 is 0 Å². The van der Waals surface area contributed by atoms with Crippen LogP contribution in [-0.2, 0) is 5.60 Å². The average Bonchev–Trinajstić information content (AvgIpc) is 2.39. The van der Waals surface area contributed by atoms with Crippen molar-refractivity contribution in [2.45, 2.75) is 18.9 Å². The molecule has 0 aromatic heterocycles. The first kappa shape index (κ1) is 14.6. The van der Waals surface area contributed by atoms with Gasteiger partial charge in [0.1, 0.15) is 11.6 Å². The molecule has 1 atom stereocenters. The highest BCUT2D eigenvalue weighted by atomic mass is 19.1. The molecule has 2 aromatic rings. The molecule has 0 spiro atoms. The summed E-state index contributed by atoms with van der Waals surface area (Å²) in [6.45, 7) is 1.48. The SMILES string of the molecule is CC(O)(CCO)c1ccc(-c2ccc(F)cc2F)cc1. The summed E-state index contributed by atoms with van der Waals surface area (Å²) in [7, 11) is 0. The fourth-order valence-electron chi connectivity index (χ4n) is 2.09. The Morgan fingerprint density at radius 1 is 1.05 bits per heavy atom. The molecule has 0 fully saturated rings. The molecule has 0 aliphatic heterocycles. The predicted molar refractivity (Wildman–Crippen MR) is 73.1 cm³/mol. The fraction of sp³-hybridized carbons (Fsp3) is 0.250.